The maximum atomic E-state index is 15.6. The van der Waals surface area contributed by atoms with Crippen LogP contribution in [0.3, 0.4) is 0 Å². The van der Waals surface area contributed by atoms with Crippen molar-refractivity contribution in [2.24, 2.45) is 0 Å². The van der Waals surface area contributed by atoms with Crippen LogP contribution in [0.5, 0.6) is 5.75 Å². The first-order valence-electron chi connectivity index (χ1n) is 9.42. The lowest BCUT2D eigenvalue weighted by Crippen LogP contribution is -2.24. The lowest BCUT2D eigenvalue weighted by Gasteiger charge is -2.17. The molecule has 0 fully saturated rings. The van der Waals surface area contributed by atoms with Crippen molar-refractivity contribution in [2.75, 3.05) is 37.4 Å². The number of ether oxygens (including phenoxy) is 1. The zero-order chi connectivity index (χ0) is 19.7. The number of aryl methyl sites for hydroxylation is 1. The van der Waals surface area contributed by atoms with Crippen molar-refractivity contribution >= 4 is 23.0 Å². The van der Waals surface area contributed by atoms with Gasteiger partial charge in [-0.2, -0.15) is 4.98 Å². The van der Waals surface area contributed by atoms with E-state index >= 15 is 4.39 Å². The van der Waals surface area contributed by atoms with Gasteiger partial charge < -0.3 is 25.8 Å². The van der Waals surface area contributed by atoms with Crippen LogP contribution in [0.2, 0.25) is 0 Å². The molecular formula is C20H24FN5O2. The molecule has 1 aromatic carbocycles. The van der Waals surface area contributed by atoms with E-state index in [4.69, 9.17) is 4.74 Å². The van der Waals surface area contributed by atoms with Crippen LogP contribution in [0.15, 0.2) is 18.2 Å². The summed E-state index contributed by atoms with van der Waals surface area (Å²) in [5.74, 6) is 1.13. The fourth-order valence-corrected chi connectivity index (χ4v) is 3.62. The van der Waals surface area contributed by atoms with Crippen LogP contribution in [-0.2, 0) is 6.42 Å². The van der Waals surface area contributed by atoms with Crippen LogP contribution in [0, 0.1) is 12.7 Å². The van der Waals surface area contributed by atoms with Gasteiger partial charge >= 0.3 is 0 Å². The predicted molar refractivity (Wildman–Crippen MR) is 107 cm³/mol. The number of fused-ring (bicyclic) bond motifs is 1. The highest BCUT2D eigenvalue weighted by molar-refractivity contribution is 5.78. The summed E-state index contributed by atoms with van der Waals surface area (Å²) in [5.41, 5.74) is 3.18. The monoisotopic (exact) mass is 385 g/mol. The van der Waals surface area contributed by atoms with Gasteiger partial charge in [0.2, 0.25) is 5.95 Å². The van der Waals surface area contributed by atoms with Gasteiger partial charge in [-0.1, -0.05) is 6.08 Å². The minimum Gasteiger partial charge on any atom is -0.492 e. The maximum Gasteiger partial charge on any atom is 0.229 e. The normalized spacial score (nSPS) is 18.7. The molecule has 1 atom stereocenters. The number of nitrogens with one attached hydrogen (secondary N) is 3. The van der Waals surface area contributed by atoms with Gasteiger partial charge in [0.25, 0.3) is 0 Å². The Morgan fingerprint density at radius 1 is 1.32 bits per heavy atom. The van der Waals surface area contributed by atoms with E-state index < -0.39 is 11.9 Å². The van der Waals surface area contributed by atoms with Crippen LogP contribution in [0.4, 0.5) is 21.8 Å². The number of β-amino-alcohol motifs (C(OH)–C–C–N with tert-alkyl or cyclic N) is 1. The molecule has 0 aliphatic carbocycles. The fourth-order valence-electron chi connectivity index (χ4n) is 3.62. The highest BCUT2D eigenvalue weighted by Crippen LogP contribution is 2.41. The largest absolute Gasteiger partial charge is 0.492 e. The molecule has 4 N–H and O–H groups in total. The van der Waals surface area contributed by atoms with Gasteiger partial charge in [0.15, 0.2) is 5.82 Å². The summed E-state index contributed by atoms with van der Waals surface area (Å²) in [6.45, 7) is 3.43. The molecule has 0 saturated heterocycles. The van der Waals surface area contributed by atoms with Gasteiger partial charge in [-0.05, 0) is 18.6 Å². The first kappa shape index (κ1) is 18.6. The van der Waals surface area contributed by atoms with E-state index in [1.165, 1.54) is 0 Å². The molecule has 0 bridgehead atoms. The van der Waals surface area contributed by atoms with Crippen LogP contribution < -0.4 is 20.7 Å². The van der Waals surface area contributed by atoms with Crippen molar-refractivity contribution in [3.05, 3.63) is 40.8 Å². The second-order valence-electron chi connectivity index (χ2n) is 7.04. The number of rotatable bonds is 4. The second-order valence-corrected chi connectivity index (χ2v) is 7.04. The third-order valence-corrected chi connectivity index (χ3v) is 4.92. The minimum absolute atomic E-state index is 0.305. The van der Waals surface area contributed by atoms with Crippen LogP contribution in [0.1, 0.15) is 23.2 Å². The number of aromatic nitrogens is 2. The average molecular weight is 385 g/mol. The van der Waals surface area contributed by atoms with Crippen molar-refractivity contribution in [2.45, 2.75) is 25.9 Å². The first-order valence-corrected chi connectivity index (χ1v) is 9.42. The van der Waals surface area contributed by atoms with Gasteiger partial charge in [-0.25, -0.2) is 9.37 Å². The van der Waals surface area contributed by atoms with Gasteiger partial charge in [0.1, 0.15) is 11.6 Å². The molecule has 148 valence electrons. The molecule has 8 heteroatoms. The molecule has 4 rings (SSSR count). The highest BCUT2D eigenvalue weighted by Gasteiger charge is 2.27. The third kappa shape index (κ3) is 3.65. The smallest absolute Gasteiger partial charge is 0.229 e. The number of hydrogen-bond acceptors (Lipinski definition) is 7. The molecule has 1 aromatic heterocycles. The van der Waals surface area contributed by atoms with Gasteiger partial charge in [-0.15, -0.1) is 0 Å². The summed E-state index contributed by atoms with van der Waals surface area (Å²) in [4.78, 5) is 8.71. The molecule has 2 aliphatic heterocycles. The Hall–Kier alpha value is -2.71. The molecule has 2 aliphatic rings. The molecule has 0 saturated carbocycles. The van der Waals surface area contributed by atoms with Crippen LogP contribution in [-0.4, -0.2) is 47.9 Å². The Bertz CT molecular complexity index is 931. The van der Waals surface area contributed by atoms with Gasteiger partial charge in [-0.3, -0.25) is 0 Å². The number of aliphatic hydroxyl groups excluding tert-OH is 1. The average Bonchev–Trinajstić information content (AvgIpc) is 3.01. The molecule has 2 aromatic rings. The van der Waals surface area contributed by atoms with E-state index in [1.54, 1.807) is 13.1 Å². The van der Waals surface area contributed by atoms with Gasteiger partial charge in [0.05, 0.1) is 24.0 Å². The van der Waals surface area contributed by atoms with Crippen molar-refractivity contribution in [3.63, 3.8) is 0 Å². The van der Waals surface area contributed by atoms with E-state index in [0.29, 0.717) is 61.3 Å². The zero-order valence-electron chi connectivity index (χ0n) is 16.0. The summed E-state index contributed by atoms with van der Waals surface area (Å²) in [5, 5.41) is 19.3. The van der Waals surface area contributed by atoms with E-state index in [1.807, 2.05) is 19.1 Å². The number of benzene rings is 1. The zero-order valence-corrected chi connectivity index (χ0v) is 16.0. The molecule has 3 heterocycles. The molecule has 28 heavy (non-hydrogen) atoms. The van der Waals surface area contributed by atoms with Crippen LogP contribution in [0.25, 0.3) is 5.57 Å². The minimum atomic E-state index is -0.569. The molecule has 7 nitrogen and oxygen atoms in total. The van der Waals surface area contributed by atoms with Crippen molar-refractivity contribution in [3.8, 4) is 5.75 Å². The molecule has 0 radical (unpaired) electrons. The van der Waals surface area contributed by atoms with Crippen molar-refractivity contribution in [1.82, 2.24) is 15.3 Å². The Balaban J connectivity index is 1.77. The number of nitrogens with zero attached hydrogens (tertiary/aromatic N) is 2. The Morgan fingerprint density at radius 2 is 2.18 bits per heavy atom. The number of hydrogen-bond donors (Lipinski definition) is 4. The highest BCUT2D eigenvalue weighted by atomic mass is 19.1. The van der Waals surface area contributed by atoms with E-state index in [2.05, 4.69) is 25.9 Å². The summed E-state index contributed by atoms with van der Waals surface area (Å²) < 4.78 is 21.3. The van der Waals surface area contributed by atoms with Gasteiger partial charge in [0, 0.05) is 50.3 Å². The standard InChI is InChI=1S/C20H24FN5O2/c1-11-7-16(22-2)26-20(24-11)25-15-9-13-4-6-28-19(13)17(18(15)21)12-3-5-23-10-14(27)8-12/h3,7,9,14,23,27H,4-6,8,10H2,1-2H3,(H2,22,24,25,26). The Labute approximate surface area is 163 Å². The van der Waals surface area contributed by atoms with Crippen molar-refractivity contribution < 1.29 is 14.2 Å². The second kappa shape index (κ2) is 7.73. The maximum absolute atomic E-state index is 15.6. The molecule has 0 amide bonds. The summed E-state index contributed by atoms with van der Waals surface area (Å²) >= 11 is 0. The predicted octanol–water partition coefficient (Wildman–Crippen LogP) is 2.38. The number of anilines is 3. The topological polar surface area (TPSA) is 91.3 Å². The summed E-state index contributed by atoms with van der Waals surface area (Å²) in [6, 6.07) is 3.58. The van der Waals surface area contributed by atoms with E-state index in [9.17, 15) is 5.11 Å². The van der Waals surface area contributed by atoms with Crippen LogP contribution >= 0.6 is 0 Å². The molecule has 1 unspecified atom stereocenters. The number of halogens is 1. The summed E-state index contributed by atoms with van der Waals surface area (Å²) in [7, 11) is 1.77. The van der Waals surface area contributed by atoms with Crippen molar-refractivity contribution in [1.29, 1.82) is 0 Å². The SMILES string of the molecule is CNc1cc(C)nc(Nc2cc3c(c(C4=CCNCC(O)C4)c2F)OCC3)n1. The third-order valence-electron chi connectivity index (χ3n) is 4.92. The quantitative estimate of drug-likeness (QED) is 0.642. The molecule has 0 spiro atoms. The summed E-state index contributed by atoms with van der Waals surface area (Å²) in [6.07, 6.45) is 2.43. The van der Waals surface area contributed by atoms with E-state index in [-0.39, 0.29) is 0 Å². The fraction of sp³-hybridized carbons (Fsp3) is 0.400. The lowest BCUT2D eigenvalue weighted by molar-refractivity contribution is 0.180. The van der Waals surface area contributed by atoms with E-state index in [0.717, 1.165) is 16.8 Å². The Kier molecular flexibility index (Phi) is 5.15. The number of aliphatic hydroxyl groups is 1. The Morgan fingerprint density at radius 3 is 3.00 bits per heavy atom. The lowest BCUT2D eigenvalue weighted by atomic mass is 9.95. The first-order chi connectivity index (χ1) is 13.5. The molecular weight excluding hydrogens is 361 g/mol.